The molecule has 3 rings (SSSR count). The number of allylic oxidation sites excluding steroid dienone is 4. The van der Waals surface area contributed by atoms with Gasteiger partial charge in [0.1, 0.15) is 73.2 Å². The van der Waals surface area contributed by atoms with Gasteiger partial charge in [0.15, 0.2) is 18.9 Å². The molecular weight excluding hydrogens is 1130 g/mol. The van der Waals surface area contributed by atoms with Crippen LogP contribution >= 0.6 is 0 Å². The number of amides is 1. The van der Waals surface area contributed by atoms with Gasteiger partial charge in [0, 0.05) is 6.42 Å². The Bertz CT molecular complexity index is 1690. The van der Waals surface area contributed by atoms with Crippen molar-refractivity contribution in [2.45, 2.75) is 381 Å². The fraction of sp³-hybridized carbons (Fsp3) is 0.928. The summed E-state index contributed by atoms with van der Waals surface area (Å²) in [5.74, 6) is -0.244. The number of aliphatic hydroxyl groups excluding tert-OH is 11. The molecule has 3 heterocycles. The van der Waals surface area contributed by atoms with Crippen molar-refractivity contribution in [2.75, 3.05) is 26.4 Å². The highest BCUT2D eigenvalue weighted by Gasteiger charge is 2.53. The molecule has 19 nitrogen and oxygen atoms in total. The molecular formula is C69H129NO18. The van der Waals surface area contributed by atoms with Crippen LogP contribution in [0.25, 0.3) is 0 Å². The second-order valence-electron chi connectivity index (χ2n) is 25.7. The monoisotopic (exact) mass is 1260 g/mol. The fourth-order valence-corrected chi connectivity index (χ4v) is 12.2. The summed E-state index contributed by atoms with van der Waals surface area (Å²) in [4.78, 5) is 13.3. The Morgan fingerprint density at radius 3 is 1.16 bits per heavy atom. The number of unbranched alkanes of at least 4 members (excludes halogenated alkanes) is 35. The first-order chi connectivity index (χ1) is 42.8. The number of hydrogen-bond donors (Lipinski definition) is 12. The van der Waals surface area contributed by atoms with E-state index in [1.807, 2.05) is 0 Å². The van der Waals surface area contributed by atoms with E-state index in [0.29, 0.717) is 12.8 Å². The topological polar surface area (TPSA) is 307 Å². The maximum absolute atomic E-state index is 13.3. The number of carbonyl (C=O) groups is 1. The maximum Gasteiger partial charge on any atom is 0.220 e. The highest BCUT2D eigenvalue weighted by molar-refractivity contribution is 5.76. The smallest absolute Gasteiger partial charge is 0.220 e. The van der Waals surface area contributed by atoms with E-state index in [4.69, 9.17) is 28.4 Å². The van der Waals surface area contributed by atoms with Gasteiger partial charge < -0.3 is 89.9 Å². The summed E-state index contributed by atoms with van der Waals surface area (Å²) in [5, 5.41) is 120. The third-order valence-corrected chi connectivity index (χ3v) is 18.0. The molecule has 0 radical (unpaired) electrons. The lowest BCUT2D eigenvalue weighted by Crippen LogP contribution is -2.66. The van der Waals surface area contributed by atoms with Crippen LogP contribution in [0.2, 0.25) is 0 Å². The maximum atomic E-state index is 13.3. The first kappa shape index (κ1) is 80.5. The molecule has 3 saturated heterocycles. The van der Waals surface area contributed by atoms with Crippen LogP contribution in [0.4, 0.5) is 0 Å². The molecule has 3 fully saturated rings. The SMILES string of the molecule is CCCCCCC/C=C\C/C=C\CCCCCCCCCCCCCCCCCCCCCCCCCCCC(=O)NC(COC1OC(CO)C(OC2OC(CO)C(OC3OC(CO)C(O)C(O)C3O)C(O)C2O)C(O)C1O)C(O)CCCCCCCC. The Balaban J connectivity index is 1.24. The van der Waals surface area contributed by atoms with Crippen LogP contribution in [-0.2, 0) is 33.2 Å². The van der Waals surface area contributed by atoms with Gasteiger partial charge in [0.25, 0.3) is 0 Å². The van der Waals surface area contributed by atoms with Crippen LogP contribution in [0.5, 0.6) is 0 Å². The van der Waals surface area contributed by atoms with Gasteiger partial charge in [-0.2, -0.15) is 0 Å². The Hall–Kier alpha value is -1.73. The quantitative estimate of drug-likeness (QED) is 0.0199. The van der Waals surface area contributed by atoms with Crippen molar-refractivity contribution >= 4 is 5.91 Å². The van der Waals surface area contributed by atoms with Gasteiger partial charge >= 0.3 is 0 Å². The lowest BCUT2D eigenvalue weighted by Gasteiger charge is -2.48. The molecule has 88 heavy (non-hydrogen) atoms. The summed E-state index contributed by atoms with van der Waals surface area (Å²) in [7, 11) is 0. The van der Waals surface area contributed by atoms with E-state index < -0.39 is 124 Å². The molecule has 0 aromatic carbocycles. The number of hydrogen-bond acceptors (Lipinski definition) is 18. The first-order valence-electron chi connectivity index (χ1n) is 35.6. The van der Waals surface area contributed by atoms with Crippen LogP contribution in [0.3, 0.4) is 0 Å². The van der Waals surface area contributed by atoms with Gasteiger partial charge in [-0.25, -0.2) is 0 Å². The number of carbonyl (C=O) groups excluding carboxylic acids is 1. The molecule has 0 saturated carbocycles. The van der Waals surface area contributed by atoms with E-state index in [-0.39, 0.29) is 18.9 Å². The van der Waals surface area contributed by atoms with Crippen molar-refractivity contribution in [3.63, 3.8) is 0 Å². The molecule has 17 atom stereocenters. The normalized spacial score (nSPS) is 28.5. The average molecular weight is 1260 g/mol. The lowest BCUT2D eigenvalue weighted by molar-refractivity contribution is -0.379. The van der Waals surface area contributed by atoms with Crippen molar-refractivity contribution in [1.29, 1.82) is 0 Å². The second-order valence-corrected chi connectivity index (χ2v) is 25.7. The van der Waals surface area contributed by atoms with Gasteiger partial charge in [-0.3, -0.25) is 4.79 Å². The Labute approximate surface area is 530 Å². The Morgan fingerprint density at radius 1 is 0.409 bits per heavy atom. The van der Waals surface area contributed by atoms with Crippen LogP contribution in [-0.4, -0.2) is 193 Å². The summed E-state index contributed by atoms with van der Waals surface area (Å²) >= 11 is 0. The zero-order valence-corrected chi connectivity index (χ0v) is 54.7. The summed E-state index contributed by atoms with van der Waals surface area (Å²) < 4.78 is 34.2. The molecule has 1 amide bonds. The molecule has 518 valence electrons. The van der Waals surface area contributed by atoms with Crippen molar-refractivity contribution < 1.29 is 89.4 Å². The molecule has 12 N–H and O–H groups in total. The van der Waals surface area contributed by atoms with E-state index in [1.54, 1.807) is 0 Å². The minimum Gasteiger partial charge on any atom is -0.394 e. The van der Waals surface area contributed by atoms with E-state index in [9.17, 15) is 61.0 Å². The van der Waals surface area contributed by atoms with Crippen molar-refractivity contribution in [1.82, 2.24) is 5.32 Å². The highest BCUT2D eigenvalue weighted by Crippen LogP contribution is 2.33. The molecule has 0 aliphatic carbocycles. The molecule has 3 aliphatic heterocycles. The predicted octanol–water partition coefficient (Wildman–Crippen LogP) is 9.44. The predicted molar refractivity (Wildman–Crippen MR) is 342 cm³/mol. The summed E-state index contributed by atoms with van der Waals surface area (Å²) in [6, 6.07) is -0.880. The second kappa shape index (κ2) is 51.7. The first-order valence-corrected chi connectivity index (χ1v) is 35.6. The number of rotatable bonds is 55. The largest absolute Gasteiger partial charge is 0.394 e. The van der Waals surface area contributed by atoms with E-state index in [1.165, 1.54) is 180 Å². The van der Waals surface area contributed by atoms with Crippen LogP contribution in [0.1, 0.15) is 277 Å². The molecule has 0 spiro atoms. The van der Waals surface area contributed by atoms with Crippen molar-refractivity contribution in [3.05, 3.63) is 24.3 Å². The zero-order chi connectivity index (χ0) is 64.0. The third kappa shape index (κ3) is 33.4. The number of ether oxygens (including phenoxy) is 6. The lowest BCUT2D eigenvalue weighted by atomic mass is 9.96. The van der Waals surface area contributed by atoms with Crippen LogP contribution < -0.4 is 5.32 Å². The number of nitrogens with one attached hydrogen (secondary N) is 1. The van der Waals surface area contributed by atoms with Gasteiger partial charge in [0.2, 0.25) is 5.91 Å². The molecule has 19 heteroatoms. The molecule has 0 aromatic heterocycles. The molecule has 0 aromatic rings. The van der Waals surface area contributed by atoms with Gasteiger partial charge in [-0.1, -0.05) is 250 Å². The van der Waals surface area contributed by atoms with Crippen molar-refractivity contribution in [3.8, 4) is 0 Å². The van der Waals surface area contributed by atoms with E-state index in [2.05, 4.69) is 43.5 Å². The Kier molecular flexibility index (Phi) is 47.3. The van der Waals surface area contributed by atoms with Gasteiger partial charge in [-0.05, 0) is 44.9 Å². The molecule has 17 unspecified atom stereocenters. The summed E-state index contributed by atoms with van der Waals surface area (Å²) in [5.41, 5.74) is 0. The number of aliphatic hydroxyl groups is 11. The standard InChI is InChI=1S/C69H129NO18/c1-3-5-7-9-11-12-13-14-15-16-17-18-19-20-21-22-23-24-25-26-27-28-29-30-31-32-33-34-35-36-37-38-39-40-41-43-45-47-57(75)70-52(53(74)46-44-42-10-8-6-4-2)51-83-67-63(81)60(78)65(55(49-72)85-67)88-69-64(82)61(79)66(56(50-73)86-69)87-68-62(80)59(77)58(76)54(48-71)84-68/h13-14,16-17,52-56,58-69,71-74,76-82H,3-12,15,18-51H2,1-2H3,(H,70,75)/b14-13-,17-16-. The molecule has 3 aliphatic rings. The third-order valence-electron chi connectivity index (χ3n) is 18.0. The zero-order valence-electron chi connectivity index (χ0n) is 54.7. The van der Waals surface area contributed by atoms with Crippen LogP contribution in [0, 0.1) is 0 Å². The molecule has 0 bridgehead atoms. The minimum atomic E-state index is -1.97. The van der Waals surface area contributed by atoms with E-state index in [0.717, 1.165) is 64.2 Å². The minimum absolute atomic E-state index is 0.244. The Morgan fingerprint density at radius 2 is 0.750 bits per heavy atom. The summed E-state index contributed by atoms with van der Waals surface area (Å²) in [6.07, 6.45) is 32.3. The van der Waals surface area contributed by atoms with E-state index >= 15 is 0 Å². The highest BCUT2D eigenvalue weighted by atomic mass is 16.8. The summed E-state index contributed by atoms with van der Waals surface area (Å²) in [6.45, 7) is 1.72. The van der Waals surface area contributed by atoms with Gasteiger partial charge in [0.05, 0.1) is 38.6 Å². The van der Waals surface area contributed by atoms with Crippen molar-refractivity contribution in [2.24, 2.45) is 0 Å². The average Bonchev–Trinajstić information content (AvgIpc) is 0.949. The van der Waals surface area contributed by atoms with Gasteiger partial charge in [-0.15, -0.1) is 0 Å². The fourth-order valence-electron chi connectivity index (χ4n) is 12.2. The van der Waals surface area contributed by atoms with Crippen LogP contribution in [0.15, 0.2) is 24.3 Å².